The molecule has 107 valence electrons. The minimum absolute atomic E-state index is 0.823. The minimum Gasteiger partial charge on any atom is -0.468 e. The minimum atomic E-state index is -2.27. The van der Waals surface area contributed by atoms with Crippen molar-refractivity contribution in [3.8, 4) is 0 Å². The lowest BCUT2D eigenvalue weighted by Crippen LogP contribution is -2.50. The Bertz CT molecular complexity index is 354. The van der Waals surface area contributed by atoms with E-state index in [-0.39, 0.29) is 0 Å². The van der Waals surface area contributed by atoms with Gasteiger partial charge in [0.25, 0.3) is 0 Å². The van der Waals surface area contributed by atoms with E-state index in [1.165, 1.54) is 0 Å². The summed E-state index contributed by atoms with van der Waals surface area (Å²) in [4.78, 5) is 46.8. The number of methoxy groups -OCH3 is 4. The van der Waals surface area contributed by atoms with Gasteiger partial charge in [-0.2, -0.15) is 0 Å². The van der Waals surface area contributed by atoms with Crippen LogP contribution in [-0.2, 0) is 38.1 Å². The van der Waals surface area contributed by atoms with Crippen molar-refractivity contribution in [2.24, 2.45) is 5.41 Å². The van der Waals surface area contributed by atoms with Gasteiger partial charge in [0.1, 0.15) is 0 Å². The Hall–Kier alpha value is -2.12. The van der Waals surface area contributed by atoms with Crippen LogP contribution in [0.15, 0.2) is 0 Å². The number of hydrogen-bond donors (Lipinski definition) is 0. The second-order valence-corrected chi connectivity index (χ2v) is 3.47. The fourth-order valence-electron chi connectivity index (χ4n) is 1.39. The summed E-state index contributed by atoms with van der Waals surface area (Å²) in [6.07, 6.45) is 0. The summed E-state index contributed by atoms with van der Waals surface area (Å²) in [5, 5.41) is 0. The first kappa shape index (κ1) is 16.9. The second kappa shape index (κ2) is 6.72. The molecule has 0 spiro atoms. The Morgan fingerprint density at radius 2 is 1.00 bits per heavy atom. The monoisotopic (exact) mass is 275 g/mol. The number of carbonyl (C=O) groups is 4. The number of hydrogen-bond acceptors (Lipinski definition) is 8. The molecule has 0 fully saturated rings. The van der Waals surface area contributed by atoms with Gasteiger partial charge >= 0.3 is 23.9 Å². The Labute approximate surface area is 109 Å². The van der Waals surface area contributed by atoms with Crippen LogP contribution in [0.3, 0.4) is 0 Å². The fourth-order valence-corrected chi connectivity index (χ4v) is 1.39. The standard InChI is InChI=1S/C11H15O8/c1-11(9(14)18-4,10(15)19-5)6(7(12)16-2)8(13)17-3/h1-5H3. The van der Waals surface area contributed by atoms with E-state index in [1.807, 2.05) is 0 Å². The van der Waals surface area contributed by atoms with Crippen molar-refractivity contribution in [2.75, 3.05) is 28.4 Å². The highest BCUT2D eigenvalue weighted by Crippen LogP contribution is 2.34. The molecular weight excluding hydrogens is 260 g/mol. The van der Waals surface area contributed by atoms with Gasteiger partial charge < -0.3 is 18.9 Å². The van der Waals surface area contributed by atoms with E-state index in [2.05, 4.69) is 18.9 Å². The van der Waals surface area contributed by atoms with E-state index >= 15 is 0 Å². The zero-order valence-electron chi connectivity index (χ0n) is 11.3. The first-order chi connectivity index (χ1) is 8.80. The van der Waals surface area contributed by atoms with Crippen LogP contribution in [0.25, 0.3) is 0 Å². The third-order valence-electron chi connectivity index (χ3n) is 2.47. The van der Waals surface area contributed by atoms with E-state index in [0.717, 1.165) is 35.4 Å². The van der Waals surface area contributed by atoms with Gasteiger partial charge in [-0.1, -0.05) is 0 Å². The SMILES string of the molecule is COC(=O)[C](C(=O)OC)C(C)(C(=O)OC)C(=O)OC. The van der Waals surface area contributed by atoms with Crippen LogP contribution in [0.1, 0.15) is 6.92 Å². The van der Waals surface area contributed by atoms with Crippen LogP contribution in [0.4, 0.5) is 0 Å². The maximum Gasteiger partial charge on any atom is 0.326 e. The average molecular weight is 275 g/mol. The van der Waals surface area contributed by atoms with E-state index in [0.29, 0.717) is 0 Å². The van der Waals surface area contributed by atoms with Crippen molar-refractivity contribution < 1.29 is 38.1 Å². The maximum atomic E-state index is 11.8. The maximum absolute atomic E-state index is 11.8. The molecule has 0 rings (SSSR count). The zero-order chi connectivity index (χ0) is 15.2. The van der Waals surface area contributed by atoms with Gasteiger partial charge in [0.2, 0.25) is 5.92 Å². The first-order valence-electron chi connectivity index (χ1n) is 5.02. The number of ether oxygens (including phenoxy) is 4. The fraction of sp³-hybridized carbons (Fsp3) is 0.545. The molecule has 0 aliphatic rings. The average Bonchev–Trinajstić information content (AvgIpc) is 2.44. The molecule has 0 aliphatic carbocycles. The van der Waals surface area contributed by atoms with Crippen LogP contribution in [-0.4, -0.2) is 52.3 Å². The Morgan fingerprint density at radius 3 is 1.21 bits per heavy atom. The molecule has 0 aromatic carbocycles. The third kappa shape index (κ3) is 3.01. The molecule has 0 amide bonds. The summed E-state index contributed by atoms with van der Waals surface area (Å²) in [7, 11) is 3.96. The van der Waals surface area contributed by atoms with Gasteiger partial charge in [-0.3, -0.25) is 19.2 Å². The summed E-state index contributed by atoms with van der Waals surface area (Å²) >= 11 is 0. The topological polar surface area (TPSA) is 105 Å². The quantitative estimate of drug-likeness (QED) is 0.367. The van der Waals surface area contributed by atoms with Crippen molar-refractivity contribution >= 4 is 23.9 Å². The predicted octanol–water partition coefficient (Wildman–Crippen LogP) is -0.741. The molecule has 1 radical (unpaired) electrons. The molecule has 0 bridgehead atoms. The van der Waals surface area contributed by atoms with Crippen LogP contribution in [0.5, 0.6) is 0 Å². The summed E-state index contributed by atoms with van der Waals surface area (Å²) < 4.78 is 17.6. The van der Waals surface area contributed by atoms with Gasteiger partial charge in [0, 0.05) is 0 Å². The van der Waals surface area contributed by atoms with E-state index in [1.54, 1.807) is 0 Å². The molecule has 0 atom stereocenters. The molecule has 0 saturated heterocycles. The lowest BCUT2D eigenvalue weighted by Gasteiger charge is -2.27. The largest absolute Gasteiger partial charge is 0.468 e. The normalized spacial score (nSPS) is 10.6. The van der Waals surface area contributed by atoms with Crippen molar-refractivity contribution in [1.29, 1.82) is 0 Å². The molecule has 19 heavy (non-hydrogen) atoms. The van der Waals surface area contributed by atoms with E-state index in [9.17, 15) is 19.2 Å². The molecule has 8 nitrogen and oxygen atoms in total. The Balaban J connectivity index is 5.89. The molecule has 8 heteroatoms. The molecule has 0 N–H and O–H groups in total. The van der Waals surface area contributed by atoms with Crippen molar-refractivity contribution in [3.05, 3.63) is 5.92 Å². The smallest absolute Gasteiger partial charge is 0.326 e. The molecular formula is C11H15O8. The molecule has 0 saturated carbocycles. The summed E-state index contributed by atoms with van der Waals surface area (Å²) in [5.41, 5.74) is -2.27. The summed E-state index contributed by atoms with van der Waals surface area (Å²) in [6.45, 7) is 1.01. The highest BCUT2D eigenvalue weighted by molar-refractivity contribution is 6.21. The van der Waals surface area contributed by atoms with Crippen LogP contribution in [0, 0.1) is 11.3 Å². The zero-order valence-corrected chi connectivity index (χ0v) is 11.3. The van der Waals surface area contributed by atoms with Gasteiger partial charge in [0.15, 0.2) is 5.41 Å². The molecule has 0 aromatic heterocycles. The van der Waals surface area contributed by atoms with Gasteiger partial charge in [-0.25, -0.2) is 0 Å². The van der Waals surface area contributed by atoms with Crippen molar-refractivity contribution in [2.45, 2.75) is 6.92 Å². The number of rotatable bonds is 5. The number of esters is 4. The van der Waals surface area contributed by atoms with E-state index < -0.39 is 35.2 Å². The van der Waals surface area contributed by atoms with Gasteiger partial charge in [0.05, 0.1) is 28.4 Å². The van der Waals surface area contributed by atoms with E-state index in [4.69, 9.17) is 0 Å². The van der Waals surface area contributed by atoms with Crippen molar-refractivity contribution in [1.82, 2.24) is 0 Å². The van der Waals surface area contributed by atoms with Crippen LogP contribution in [0.2, 0.25) is 0 Å². The van der Waals surface area contributed by atoms with Crippen LogP contribution < -0.4 is 0 Å². The lowest BCUT2D eigenvalue weighted by atomic mass is 9.76. The second-order valence-electron chi connectivity index (χ2n) is 3.47. The molecule has 0 unspecified atom stereocenters. The van der Waals surface area contributed by atoms with Gasteiger partial charge in [-0.15, -0.1) is 0 Å². The van der Waals surface area contributed by atoms with Crippen molar-refractivity contribution in [3.63, 3.8) is 0 Å². The highest BCUT2D eigenvalue weighted by Gasteiger charge is 2.59. The van der Waals surface area contributed by atoms with Crippen LogP contribution >= 0.6 is 0 Å². The highest BCUT2D eigenvalue weighted by atomic mass is 16.6. The first-order valence-corrected chi connectivity index (χ1v) is 5.02. The Kier molecular flexibility index (Phi) is 5.97. The Morgan fingerprint density at radius 1 is 0.684 bits per heavy atom. The summed E-state index contributed by atoms with van der Waals surface area (Å²) in [6, 6.07) is 0. The summed E-state index contributed by atoms with van der Waals surface area (Å²) in [5.74, 6) is -5.50. The molecule has 0 aromatic rings. The molecule has 0 aliphatic heterocycles. The lowest BCUT2D eigenvalue weighted by molar-refractivity contribution is -0.173. The predicted molar refractivity (Wildman–Crippen MR) is 59.4 cm³/mol. The van der Waals surface area contributed by atoms with Gasteiger partial charge in [-0.05, 0) is 6.92 Å². The molecule has 0 heterocycles. The third-order valence-corrected chi connectivity index (χ3v) is 2.47. The number of carbonyl (C=O) groups excluding carboxylic acids is 4.